The van der Waals surface area contributed by atoms with Crippen LogP contribution in [0.4, 0.5) is 4.39 Å². The van der Waals surface area contributed by atoms with E-state index in [1.165, 1.54) is 12.1 Å². The van der Waals surface area contributed by atoms with Crippen LogP contribution >= 0.6 is 15.9 Å². The number of rotatable bonds is 7. The van der Waals surface area contributed by atoms with Crippen LogP contribution in [-0.2, 0) is 10.0 Å². The van der Waals surface area contributed by atoms with Gasteiger partial charge in [0.25, 0.3) is 0 Å². The summed E-state index contributed by atoms with van der Waals surface area (Å²) >= 11 is 3.00. The lowest BCUT2D eigenvalue weighted by Gasteiger charge is -2.23. The van der Waals surface area contributed by atoms with E-state index in [2.05, 4.69) is 25.6 Å². The molecule has 0 aromatic heterocycles. The molecule has 1 aromatic rings. The first-order valence-corrected chi connectivity index (χ1v) is 8.77. The van der Waals surface area contributed by atoms with E-state index in [1.54, 1.807) is 6.92 Å². The van der Waals surface area contributed by atoms with E-state index >= 15 is 0 Å². The van der Waals surface area contributed by atoms with Crippen molar-refractivity contribution < 1.29 is 12.8 Å². The number of halogens is 2. The molecule has 7 heteroatoms. The normalized spacial score (nSPS) is 13.7. The molecule has 1 N–H and O–H groups in total. The quantitative estimate of drug-likeness (QED) is 0.806. The van der Waals surface area contributed by atoms with Crippen LogP contribution in [0, 0.1) is 5.82 Å². The third-order valence-electron chi connectivity index (χ3n) is 2.98. The lowest BCUT2D eigenvalue weighted by atomic mass is 10.3. The summed E-state index contributed by atoms with van der Waals surface area (Å²) in [7, 11) is -3.70. The van der Waals surface area contributed by atoms with Gasteiger partial charge in [-0.3, -0.25) is 0 Å². The molecule has 0 aliphatic rings. The van der Waals surface area contributed by atoms with Crippen molar-refractivity contribution in [2.24, 2.45) is 0 Å². The highest BCUT2D eigenvalue weighted by Crippen LogP contribution is 2.19. The maximum absolute atomic E-state index is 13.4. The Morgan fingerprint density at radius 3 is 2.45 bits per heavy atom. The van der Waals surface area contributed by atoms with Crippen LogP contribution in [0.5, 0.6) is 0 Å². The van der Waals surface area contributed by atoms with Gasteiger partial charge in [-0.15, -0.1) is 0 Å². The molecule has 0 saturated heterocycles. The highest BCUT2D eigenvalue weighted by atomic mass is 79.9. The summed E-state index contributed by atoms with van der Waals surface area (Å²) < 4.78 is 40.5. The lowest BCUT2D eigenvalue weighted by molar-refractivity contribution is 0.282. The monoisotopic (exact) mass is 366 g/mol. The Bertz CT molecular complexity index is 547. The molecule has 0 amide bonds. The zero-order valence-corrected chi connectivity index (χ0v) is 14.3. The average molecular weight is 367 g/mol. The van der Waals surface area contributed by atoms with Crippen molar-refractivity contribution in [1.82, 2.24) is 9.62 Å². The second-order valence-corrected chi connectivity index (χ2v) is 7.15. The van der Waals surface area contributed by atoms with Crippen LogP contribution in [0.25, 0.3) is 0 Å². The van der Waals surface area contributed by atoms with Crippen LogP contribution in [0.3, 0.4) is 0 Å². The number of sulfonamides is 1. The topological polar surface area (TPSA) is 49.4 Å². The maximum Gasteiger partial charge on any atom is 0.240 e. The van der Waals surface area contributed by atoms with Gasteiger partial charge in [-0.25, -0.2) is 17.5 Å². The molecule has 0 bridgehead atoms. The van der Waals surface area contributed by atoms with E-state index in [0.29, 0.717) is 6.54 Å². The number of nitrogens with one attached hydrogen (secondary N) is 1. The molecular weight excluding hydrogens is 347 g/mol. The van der Waals surface area contributed by atoms with E-state index in [9.17, 15) is 12.8 Å². The molecule has 0 aliphatic carbocycles. The largest absolute Gasteiger partial charge is 0.302 e. The molecule has 20 heavy (non-hydrogen) atoms. The molecule has 0 aliphatic heterocycles. The highest BCUT2D eigenvalue weighted by Gasteiger charge is 2.19. The summed E-state index contributed by atoms with van der Waals surface area (Å²) in [5.74, 6) is -0.593. The van der Waals surface area contributed by atoms with Crippen LogP contribution in [0.1, 0.15) is 20.8 Å². The zero-order chi connectivity index (χ0) is 15.3. The van der Waals surface area contributed by atoms with Crippen molar-refractivity contribution in [2.75, 3.05) is 19.6 Å². The number of hydrogen-bond acceptors (Lipinski definition) is 3. The Kier molecular flexibility index (Phi) is 6.57. The van der Waals surface area contributed by atoms with Crippen LogP contribution in [0.2, 0.25) is 0 Å². The smallest absolute Gasteiger partial charge is 0.240 e. The number of benzene rings is 1. The van der Waals surface area contributed by atoms with Gasteiger partial charge in [-0.05, 0) is 54.1 Å². The fraction of sp³-hybridized carbons (Fsp3) is 0.538. The van der Waals surface area contributed by atoms with Crippen molar-refractivity contribution in [3.8, 4) is 0 Å². The molecule has 1 unspecified atom stereocenters. The minimum absolute atomic E-state index is 0.0652. The van der Waals surface area contributed by atoms with Crippen molar-refractivity contribution >= 4 is 26.0 Å². The van der Waals surface area contributed by atoms with Crippen molar-refractivity contribution in [3.63, 3.8) is 0 Å². The molecule has 1 atom stereocenters. The zero-order valence-electron chi connectivity index (χ0n) is 11.9. The molecule has 0 spiro atoms. The third kappa shape index (κ3) is 4.80. The average Bonchev–Trinajstić information content (AvgIpc) is 2.38. The Labute approximate surface area is 128 Å². The SMILES string of the molecule is CCN(CC)CC(C)NS(=O)(=O)c1ccc(Br)c(F)c1. The van der Waals surface area contributed by atoms with Crippen molar-refractivity contribution in [2.45, 2.75) is 31.7 Å². The fourth-order valence-electron chi connectivity index (χ4n) is 1.88. The first-order valence-electron chi connectivity index (χ1n) is 6.49. The molecule has 0 heterocycles. The Morgan fingerprint density at radius 1 is 1.35 bits per heavy atom. The molecule has 4 nitrogen and oxygen atoms in total. The number of nitrogens with zero attached hydrogens (tertiary/aromatic N) is 1. The van der Waals surface area contributed by atoms with Crippen molar-refractivity contribution in [1.29, 1.82) is 0 Å². The Morgan fingerprint density at radius 2 is 1.95 bits per heavy atom. The Balaban J connectivity index is 2.81. The standard InChI is InChI=1S/C13H20BrFN2O2S/c1-4-17(5-2)9-10(3)16-20(18,19)11-6-7-12(14)13(15)8-11/h6-8,10,16H,4-5,9H2,1-3H3. The molecular formula is C13H20BrFN2O2S. The van der Waals surface area contributed by atoms with E-state index in [-0.39, 0.29) is 15.4 Å². The second kappa shape index (κ2) is 7.49. The van der Waals surface area contributed by atoms with E-state index in [4.69, 9.17) is 0 Å². The van der Waals surface area contributed by atoms with Gasteiger partial charge >= 0.3 is 0 Å². The fourth-order valence-corrected chi connectivity index (χ4v) is 3.38. The van der Waals surface area contributed by atoms with Gasteiger partial charge in [0, 0.05) is 12.6 Å². The highest BCUT2D eigenvalue weighted by molar-refractivity contribution is 9.10. The van der Waals surface area contributed by atoms with Gasteiger partial charge in [0.15, 0.2) is 0 Å². The van der Waals surface area contributed by atoms with Crippen LogP contribution in [-0.4, -0.2) is 39.0 Å². The number of likely N-dealkylation sites (N-methyl/N-ethyl adjacent to an activating group) is 1. The molecule has 1 rings (SSSR count). The third-order valence-corrected chi connectivity index (χ3v) is 5.21. The minimum Gasteiger partial charge on any atom is -0.302 e. The van der Waals surface area contributed by atoms with Crippen LogP contribution < -0.4 is 4.72 Å². The summed E-state index contributed by atoms with van der Waals surface area (Å²) in [4.78, 5) is 2.06. The van der Waals surface area contributed by atoms with Gasteiger partial charge in [0.05, 0.1) is 9.37 Å². The maximum atomic E-state index is 13.4. The van der Waals surface area contributed by atoms with E-state index in [1.807, 2.05) is 13.8 Å². The molecule has 0 fully saturated rings. The van der Waals surface area contributed by atoms with Gasteiger partial charge in [0.2, 0.25) is 10.0 Å². The predicted molar refractivity (Wildman–Crippen MR) is 81.7 cm³/mol. The lowest BCUT2D eigenvalue weighted by Crippen LogP contribution is -2.41. The molecule has 0 saturated carbocycles. The van der Waals surface area contributed by atoms with Gasteiger partial charge in [0.1, 0.15) is 5.82 Å². The van der Waals surface area contributed by atoms with Crippen molar-refractivity contribution in [3.05, 3.63) is 28.5 Å². The minimum atomic E-state index is -3.70. The summed E-state index contributed by atoms with van der Waals surface area (Å²) in [5, 5.41) is 0. The van der Waals surface area contributed by atoms with Gasteiger partial charge in [-0.2, -0.15) is 0 Å². The van der Waals surface area contributed by atoms with E-state index < -0.39 is 15.8 Å². The number of hydrogen-bond donors (Lipinski definition) is 1. The summed E-state index contributed by atoms with van der Waals surface area (Å²) in [6.07, 6.45) is 0. The van der Waals surface area contributed by atoms with E-state index in [0.717, 1.165) is 19.2 Å². The van der Waals surface area contributed by atoms with Gasteiger partial charge in [-0.1, -0.05) is 13.8 Å². The van der Waals surface area contributed by atoms with Gasteiger partial charge < -0.3 is 4.90 Å². The first-order chi connectivity index (χ1) is 9.30. The molecule has 1 aromatic carbocycles. The summed E-state index contributed by atoms with van der Waals surface area (Å²) in [6, 6.07) is 3.53. The Hall–Kier alpha value is -0.500. The second-order valence-electron chi connectivity index (χ2n) is 4.58. The van der Waals surface area contributed by atoms with Crippen LogP contribution in [0.15, 0.2) is 27.6 Å². The summed E-state index contributed by atoms with van der Waals surface area (Å²) in [6.45, 7) is 8.17. The molecule has 114 valence electrons. The molecule has 0 radical (unpaired) electrons. The first kappa shape index (κ1) is 17.6. The predicted octanol–water partition coefficient (Wildman–Crippen LogP) is 2.60. The summed E-state index contributed by atoms with van der Waals surface area (Å²) in [5.41, 5.74) is 0.